The van der Waals surface area contributed by atoms with E-state index in [1.54, 1.807) is 16.7 Å². The quantitative estimate of drug-likeness (QED) is 0.721. The molecule has 0 bridgehead atoms. The van der Waals surface area contributed by atoms with Gasteiger partial charge in [0.05, 0.1) is 17.9 Å². The molecule has 2 aliphatic rings. The Balaban J connectivity index is 2.06. The van der Waals surface area contributed by atoms with E-state index < -0.39 is 12.0 Å². The van der Waals surface area contributed by atoms with Gasteiger partial charge in [0.15, 0.2) is 0 Å². The second-order valence-corrected chi connectivity index (χ2v) is 6.16. The van der Waals surface area contributed by atoms with Gasteiger partial charge in [0.25, 0.3) is 0 Å². The van der Waals surface area contributed by atoms with E-state index >= 15 is 0 Å². The van der Waals surface area contributed by atoms with Gasteiger partial charge in [-0.25, -0.2) is 4.79 Å². The van der Waals surface area contributed by atoms with Crippen LogP contribution in [0, 0.1) is 5.92 Å². The van der Waals surface area contributed by atoms with E-state index in [2.05, 4.69) is 0 Å². The predicted molar refractivity (Wildman–Crippen MR) is 71.7 cm³/mol. The molecule has 7 heteroatoms. The summed E-state index contributed by atoms with van der Waals surface area (Å²) < 4.78 is 5.11. The molecule has 2 rings (SSSR count). The smallest absolute Gasteiger partial charge is 0.327 e. The van der Waals surface area contributed by atoms with Gasteiger partial charge in [-0.3, -0.25) is 4.79 Å². The van der Waals surface area contributed by atoms with E-state index in [1.165, 1.54) is 7.11 Å². The second-order valence-electron chi connectivity index (χ2n) is 5.01. The Morgan fingerprint density at radius 2 is 2.21 bits per heavy atom. The minimum atomic E-state index is -0.925. The fourth-order valence-corrected chi connectivity index (χ4v) is 3.99. The molecular weight excluding hydrogens is 268 g/mol. The zero-order chi connectivity index (χ0) is 14.0. The number of ether oxygens (including phenoxy) is 1. The van der Waals surface area contributed by atoms with Crippen LogP contribution in [0.3, 0.4) is 0 Å². The molecule has 0 aromatic heterocycles. The van der Waals surface area contributed by atoms with Crippen LogP contribution in [0.1, 0.15) is 19.3 Å². The largest absolute Gasteiger partial charge is 0.480 e. The molecule has 0 radical (unpaired) electrons. The molecular formula is C12H20N2O4S. The molecule has 3 N–H and O–H groups in total. The molecule has 0 spiro atoms. The topological polar surface area (TPSA) is 92.9 Å². The average Bonchev–Trinajstić information content (AvgIpc) is 3.13. The lowest BCUT2D eigenvalue weighted by molar-refractivity contribution is -0.150. The molecule has 0 aromatic carbocycles. The standard InChI is InChI=1S/C12H20N2O4S/c1-18-8(5-13)4-10(15)14-9(12(16)17)6-19-11(14)7-2-3-7/h7-9,11H,2-6,13H2,1H3,(H,16,17). The van der Waals surface area contributed by atoms with Crippen molar-refractivity contribution >= 4 is 23.6 Å². The maximum Gasteiger partial charge on any atom is 0.327 e. The minimum Gasteiger partial charge on any atom is -0.480 e. The number of carboxylic acids is 1. The molecule has 0 aromatic rings. The third kappa shape index (κ3) is 3.21. The highest BCUT2D eigenvalue weighted by atomic mass is 32.2. The SMILES string of the molecule is COC(CN)CC(=O)N1C(C(=O)O)CSC1C1CC1. The van der Waals surface area contributed by atoms with Gasteiger partial charge in [-0.1, -0.05) is 0 Å². The summed E-state index contributed by atoms with van der Waals surface area (Å²) in [6.45, 7) is 0.259. The van der Waals surface area contributed by atoms with Gasteiger partial charge in [-0.15, -0.1) is 11.8 Å². The number of carbonyl (C=O) groups is 2. The normalized spacial score (nSPS) is 28.4. The Hall–Kier alpha value is -0.790. The summed E-state index contributed by atoms with van der Waals surface area (Å²) in [7, 11) is 1.51. The second kappa shape index (κ2) is 6.11. The third-order valence-electron chi connectivity index (χ3n) is 3.63. The zero-order valence-electron chi connectivity index (χ0n) is 10.9. The number of nitrogens with zero attached hydrogens (tertiary/aromatic N) is 1. The maximum absolute atomic E-state index is 12.3. The Morgan fingerprint density at radius 3 is 2.68 bits per heavy atom. The Kier molecular flexibility index (Phi) is 4.70. The van der Waals surface area contributed by atoms with Gasteiger partial charge in [-0.05, 0) is 18.8 Å². The lowest BCUT2D eigenvalue weighted by atomic mass is 10.1. The number of aliphatic carboxylic acids is 1. The van der Waals surface area contributed by atoms with Gasteiger partial charge in [0, 0.05) is 19.4 Å². The molecule has 1 aliphatic carbocycles. The molecule has 1 amide bonds. The minimum absolute atomic E-state index is 0.0175. The van der Waals surface area contributed by atoms with Gasteiger partial charge < -0.3 is 20.5 Å². The van der Waals surface area contributed by atoms with Crippen LogP contribution < -0.4 is 5.73 Å². The van der Waals surface area contributed by atoms with Crippen molar-refractivity contribution in [3.05, 3.63) is 0 Å². The van der Waals surface area contributed by atoms with Crippen LogP contribution in [0.15, 0.2) is 0 Å². The van der Waals surface area contributed by atoms with Crippen molar-refractivity contribution in [2.75, 3.05) is 19.4 Å². The number of methoxy groups -OCH3 is 1. The van der Waals surface area contributed by atoms with E-state index in [4.69, 9.17) is 10.5 Å². The highest BCUT2D eigenvalue weighted by Gasteiger charge is 2.48. The molecule has 3 atom stereocenters. The fraction of sp³-hybridized carbons (Fsp3) is 0.833. The molecule has 1 saturated carbocycles. The molecule has 1 saturated heterocycles. The molecule has 6 nitrogen and oxygen atoms in total. The van der Waals surface area contributed by atoms with Crippen LogP contribution >= 0.6 is 11.8 Å². The summed E-state index contributed by atoms with van der Waals surface area (Å²) >= 11 is 1.58. The number of carboxylic acid groups (broad SMARTS) is 1. The first-order chi connectivity index (χ1) is 9.08. The first-order valence-corrected chi connectivity index (χ1v) is 7.51. The number of hydrogen-bond acceptors (Lipinski definition) is 5. The number of rotatable bonds is 6. The summed E-state index contributed by atoms with van der Waals surface area (Å²) in [5.74, 6) is -0.155. The van der Waals surface area contributed by atoms with Crippen molar-refractivity contribution < 1.29 is 19.4 Å². The lowest BCUT2D eigenvalue weighted by Gasteiger charge is -2.28. The highest BCUT2D eigenvalue weighted by Crippen LogP contribution is 2.45. The first kappa shape index (κ1) is 14.6. The van der Waals surface area contributed by atoms with Crippen molar-refractivity contribution in [2.24, 2.45) is 11.7 Å². The number of nitrogens with two attached hydrogens (primary N) is 1. The van der Waals surface area contributed by atoms with Crippen molar-refractivity contribution in [1.82, 2.24) is 4.90 Å². The van der Waals surface area contributed by atoms with E-state index in [1.807, 2.05) is 0 Å². The zero-order valence-corrected chi connectivity index (χ0v) is 11.8. The highest BCUT2D eigenvalue weighted by molar-refractivity contribution is 8.00. The lowest BCUT2D eigenvalue weighted by Crippen LogP contribution is -2.47. The van der Waals surface area contributed by atoms with Crippen LogP contribution in [0.2, 0.25) is 0 Å². The van der Waals surface area contributed by atoms with Gasteiger partial charge in [0.2, 0.25) is 5.91 Å². The monoisotopic (exact) mass is 288 g/mol. The summed E-state index contributed by atoms with van der Waals surface area (Å²) in [4.78, 5) is 25.2. The van der Waals surface area contributed by atoms with Crippen molar-refractivity contribution in [2.45, 2.75) is 36.8 Å². The molecule has 108 valence electrons. The van der Waals surface area contributed by atoms with Crippen LogP contribution in [0.4, 0.5) is 0 Å². The van der Waals surface area contributed by atoms with Gasteiger partial charge in [-0.2, -0.15) is 0 Å². The summed E-state index contributed by atoms with van der Waals surface area (Å²) in [5, 5.41) is 9.26. The Bertz CT molecular complexity index is 358. The maximum atomic E-state index is 12.3. The molecule has 1 heterocycles. The number of amides is 1. The average molecular weight is 288 g/mol. The Labute approximate surface area is 116 Å². The van der Waals surface area contributed by atoms with Crippen LogP contribution in [0.25, 0.3) is 0 Å². The van der Waals surface area contributed by atoms with Crippen LogP contribution in [0.5, 0.6) is 0 Å². The molecule has 2 fully saturated rings. The summed E-state index contributed by atoms with van der Waals surface area (Å²) in [5.41, 5.74) is 5.51. The van der Waals surface area contributed by atoms with Gasteiger partial charge in [0.1, 0.15) is 6.04 Å². The number of thioether (sulfide) groups is 1. The van der Waals surface area contributed by atoms with E-state index in [0.717, 1.165) is 12.8 Å². The first-order valence-electron chi connectivity index (χ1n) is 6.47. The van der Waals surface area contributed by atoms with Gasteiger partial charge >= 0.3 is 5.97 Å². The van der Waals surface area contributed by atoms with Crippen molar-refractivity contribution in [3.63, 3.8) is 0 Å². The van der Waals surface area contributed by atoms with Crippen molar-refractivity contribution in [3.8, 4) is 0 Å². The fourth-order valence-electron chi connectivity index (χ4n) is 2.34. The Morgan fingerprint density at radius 1 is 1.53 bits per heavy atom. The van der Waals surface area contributed by atoms with Crippen LogP contribution in [-0.4, -0.2) is 58.8 Å². The summed E-state index contributed by atoms with van der Waals surface area (Å²) in [6, 6.07) is -0.710. The van der Waals surface area contributed by atoms with E-state index in [9.17, 15) is 14.7 Å². The van der Waals surface area contributed by atoms with Crippen molar-refractivity contribution in [1.29, 1.82) is 0 Å². The van der Waals surface area contributed by atoms with E-state index in [-0.39, 0.29) is 30.4 Å². The summed E-state index contributed by atoms with van der Waals surface area (Å²) in [6.07, 6.45) is 1.98. The number of hydrogen-bond donors (Lipinski definition) is 2. The molecule has 19 heavy (non-hydrogen) atoms. The van der Waals surface area contributed by atoms with E-state index in [0.29, 0.717) is 11.7 Å². The molecule has 3 unspecified atom stereocenters. The number of carbonyl (C=O) groups excluding carboxylic acids is 1. The third-order valence-corrected chi connectivity index (χ3v) is 5.09. The van der Waals surface area contributed by atoms with Crippen LogP contribution in [-0.2, 0) is 14.3 Å². The predicted octanol–water partition coefficient (Wildman–Crippen LogP) is 0.115. The molecule has 1 aliphatic heterocycles.